The van der Waals surface area contributed by atoms with Crippen molar-refractivity contribution in [1.29, 1.82) is 0 Å². The number of aryl methyl sites for hydroxylation is 1. The van der Waals surface area contributed by atoms with Gasteiger partial charge in [0.15, 0.2) is 5.82 Å². The van der Waals surface area contributed by atoms with Crippen molar-refractivity contribution in [1.82, 2.24) is 25.0 Å². The van der Waals surface area contributed by atoms with Gasteiger partial charge in [-0.2, -0.15) is 0 Å². The normalized spacial score (nSPS) is 24.8. The Kier molecular flexibility index (Phi) is 5.61. The minimum Gasteiger partial charge on any atom is -0.378 e. The Morgan fingerprint density at radius 1 is 1.40 bits per heavy atom. The summed E-state index contributed by atoms with van der Waals surface area (Å²) >= 11 is 0. The monoisotopic (exact) mass is 349 g/mol. The first-order valence-corrected chi connectivity index (χ1v) is 9.61. The first-order chi connectivity index (χ1) is 12.1. The summed E-state index contributed by atoms with van der Waals surface area (Å²) in [6, 6.07) is 0.240. The molecule has 0 aliphatic heterocycles. The van der Waals surface area contributed by atoms with E-state index in [4.69, 9.17) is 4.74 Å². The van der Waals surface area contributed by atoms with Gasteiger partial charge in [0, 0.05) is 31.7 Å². The third-order valence-electron chi connectivity index (χ3n) is 6.12. The number of ether oxygens (including phenoxy) is 1. The van der Waals surface area contributed by atoms with E-state index in [1.54, 1.807) is 6.33 Å². The van der Waals surface area contributed by atoms with Crippen LogP contribution in [0, 0.1) is 5.41 Å². The van der Waals surface area contributed by atoms with Crippen molar-refractivity contribution in [3.05, 3.63) is 12.2 Å². The Hall–Kier alpha value is -1.63. The molecule has 3 rings (SSSR count). The highest BCUT2D eigenvalue weighted by molar-refractivity contribution is 5.74. The van der Waals surface area contributed by atoms with Gasteiger partial charge in [0.1, 0.15) is 6.33 Å². The molecule has 7 heteroatoms. The summed E-state index contributed by atoms with van der Waals surface area (Å²) in [7, 11) is 1.92. The fourth-order valence-corrected chi connectivity index (χ4v) is 4.67. The molecule has 7 nitrogen and oxygen atoms in total. The summed E-state index contributed by atoms with van der Waals surface area (Å²) in [4.78, 5) is 14.6. The molecule has 0 aromatic carbocycles. The molecule has 1 aromatic heterocycles. The third kappa shape index (κ3) is 3.38. The zero-order valence-electron chi connectivity index (χ0n) is 15.7. The Labute approximate surface area is 150 Å². The number of rotatable bonds is 6. The quantitative estimate of drug-likeness (QED) is 0.857. The predicted octanol–water partition coefficient (Wildman–Crippen LogP) is 2.57. The van der Waals surface area contributed by atoms with Crippen molar-refractivity contribution < 1.29 is 9.53 Å². The Bertz CT molecular complexity index is 582. The minimum atomic E-state index is -0.0319. The number of nitrogens with zero attached hydrogens (tertiary/aromatic N) is 4. The number of hydrogen-bond acceptors (Lipinski definition) is 4. The molecule has 1 N–H and O–H groups in total. The third-order valence-corrected chi connectivity index (χ3v) is 6.12. The lowest BCUT2D eigenvalue weighted by Crippen LogP contribution is -2.66. The molecule has 0 radical (unpaired) electrons. The van der Waals surface area contributed by atoms with E-state index in [1.165, 1.54) is 32.1 Å². The van der Waals surface area contributed by atoms with Gasteiger partial charge in [-0.1, -0.05) is 19.3 Å². The van der Waals surface area contributed by atoms with Crippen LogP contribution in [0.4, 0.5) is 4.79 Å². The number of carbonyl (C=O) groups is 1. The zero-order valence-corrected chi connectivity index (χ0v) is 15.7. The van der Waals surface area contributed by atoms with E-state index in [1.807, 2.05) is 23.4 Å². The Balaban J connectivity index is 1.61. The van der Waals surface area contributed by atoms with Crippen LogP contribution in [0.1, 0.15) is 58.2 Å². The molecule has 2 atom stereocenters. The number of carbonyl (C=O) groups excluding carboxylic acids is 1. The second-order valence-corrected chi connectivity index (χ2v) is 7.29. The summed E-state index contributed by atoms with van der Waals surface area (Å²) in [6.45, 7) is 6.06. The summed E-state index contributed by atoms with van der Waals surface area (Å²) in [5.74, 6) is 0.789. The van der Waals surface area contributed by atoms with Crippen molar-refractivity contribution >= 4 is 6.03 Å². The fraction of sp³-hybridized carbons (Fsp3) is 0.833. The van der Waals surface area contributed by atoms with Gasteiger partial charge in [-0.3, -0.25) is 0 Å². The van der Waals surface area contributed by atoms with Crippen molar-refractivity contribution in [2.45, 2.75) is 77.6 Å². The van der Waals surface area contributed by atoms with Crippen molar-refractivity contribution in [3.8, 4) is 0 Å². The Morgan fingerprint density at radius 2 is 2.16 bits per heavy atom. The molecule has 1 heterocycles. The topological polar surface area (TPSA) is 72.3 Å². The maximum atomic E-state index is 12.7. The van der Waals surface area contributed by atoms with Crippen LogP contribution in [0.15, 0.2) is 6.33 Å². The van der Waals surface area contributed by atoms with Crippen LogP contribution in [0.5, 0.6) is 0 Å². The summed E-state index contributed by atoms with van der Waals surface area (Å²) in [6.07, 6.45) is 9.08. The first-order valence-electron chi connectivity index (χ1n) is 9.61. The molecule has 2 aliphatic rings. The van der Waals surface area contributed by atoms with Crippen molar-refractivity contribution in [3.63, 3.8) is 0 Å². The maximum absolute atomic E-state index is 12.7. The molecular weight excluding hydrogens is 318 g/mol. The van der Waals surface area contributed by atoms with Gasteiger partial charge in [0.25, 0.3) is 0 Å². The van der Waals surface area contributed by atoms with Gasteiger partial charge in [-0.15, -0.1) is 10.2 Å². The van der Waals surface area contributed by atoms with E-state index in [9.17, 15) is 4.79 Å². The summed E-state index contributed by atoms with van der Waals surface area (Å²) in [5, 5.41) is 11.0. The van der Waals surface area contributed by atoms with Crippen LogP contribution in [-0.4, -0.2) is 51.5 Å². The zero-order chi connectivity index (χ0) is 17.9. The molecule has 140 valence electrons. The van der Waals surface area contributed by atoms with Crippen LogP contribution in [0.25, 0.3) is 0 Å². The van der Waals surface area contributed by atoms with Crippen LogP contribution >= 0.6 is 0 Å². The van der Waals surface area contributed by atoms with E-state index in [0.29, 0.717) is 12.6 Å². The number of urea groups is 1. The maximum Gasteiger partial charge on any atom is 0.317 e. The van der Waals surface area contributed by atoms with Crippen molar-refractivity contribution in [2.75, 3.05) is 13.7 Å². The SMILES string of the molecule is CCO[C@@H]1C[C@H](N(C)C(=O)NCc2nncn2CC)C12CCCCC2. The van der Waals surface area contributed by atoms with Gasteiger partial charge < -0.3 is 19.5 Å². The molecule has 1 spiro atoms. The molecule has 2 fully saturated rings. The second kappa shape index (κ2) is 7.72. The molecule has 0 bridgehead atoms. The van der Waals surface area contributed by atoms with Crippen LogP contribution in [0.2, 0.25) is 0 Å². The highest BCUT2D eigenvalue weighted by atomic mass is 16.5. The standard InChI is InChI=1S/C18H31N5O2/c1-4-23-13-20-21-16(23)12-19-17(24)22(3)14-11-15(25-5-2)18(14)9-7-6-8-10-18/h13-15H,4-12H2,1-3H3,(H,19,24)/t14-,15+/m0/s1. The van der Waals surface area contributed by atoms with Gasteiger partial charge in [0.2, 0.25) is 0 Å². The number of amides is 2. The molecule has 25 heavy (non-hydrogen) atoms. The van der Waals surface area contributed by atoms with Crippen LogP contribution < -0.4 is 5.32 Å². The van der Waals surface area contributed by atoms with Crippen LogP contribution in [-0.2, 0) is 17.8 Å². The molecule has 0 saturated heterocycles. The van der Waals surface area contributed by atoms with Gasteiger partial charge in [-0.25, -0.2) is 4.79 Å². The lowest BCUT2D eigenvalue weighted by Gasteiger charge is -2.60. The lowest BCUT2D eigenvalue weighted by molar-refractivity contribution is -0.170. The number of nitrogens with one attached hydrogen (secondary N) is 1. The lowest BCUT2D eigenvalue weighted by atomic mass is 9.54. The Morgan fingerprint density at radius 3 is 2.84 bits per heavy atom. The van der Waals surface area contributed by atoms with E-state index in [-0.39, 0.29) is 17.5 Å². The van der Waals surface area contributed by atoms with E-state index in [2.05, 4.69) is 22.4 Å². The number of hydrogen-bond donors (Lipinski definition) is 1. The molecule has 1 aromatic rings. The van der Waals surface area contributed by atoms with Gasteiger partial charge in [0.05, 0.1) is 12.6 Å². The average molecular weight is 349 g/mol. The summed E-state index contributed by atoms with van der Waals surface area (Å²) < 4.78 is 7.94. The van der Waals surface area contributed by atoms with Gasteiger partial charge >= 0.3 is 6.03 Å². The molecule has 2 aliphatic carbocycles. The van der Waals surface area contributed by atoms with Gasteiger partial charge in [-0.05, 0) is 33.1 Å². The largest absolute Gasteiger partial charge is 0.378 e. The summed E-state index contributed by atoms with van der Waals surface area (Å²) in [5.41, 5.74) is 0.157. The minimum absolute atomic E-state index is 0.0319. The molecular formula is C18H31N5O2. The van der Waals surface area contributed by atoms with Crippen LogP contribution in [0.3, 0.4) is 0 Å². The smallest absolute Gasteiger partial charge is 0.317 e. The number of aromatic nitrogens is 3. The second-order valence-electron chi connectivity index (χ2n) is 7.29. The first kappa shape index (κ1) is 18.2. The predicted molar refractivity (Wildman–Crippen MR) is 95.0 cm³/mol. The molecule has 2 saturated carbocycles. The van der Waals surface area contributed by atoms with E-state index >= 15 is 0 Å². The van der Waals surface area contributed by atoms with E-state index < -0.39 is 0 Å². The van der Waals surface area contributed by atoms with E-state index in [0.717, 1.165) is 25.4 Å². The molecule has 2 amide bonds. The highest BCUT2D eigenvalue weighted by Crippen LogP contribution is 2.55. The average Bonchev–Trinajstić information content (AvgIpc) is 3.10. The van der Waals surface area contributed by atoms with Crippen molar-refractivity contribution in [2.24, 2.45) is 5.41 Å². The fourth-order valence-electron chi connectivity index (χ4n) is 4.67. The molecule has 0 unspecified atom stereocenters. The highest BCUT2D eigenvalue weighted by Gasteiger charge is 2.57.